The minimum atomic E-state index is -0.568. The lowest BCUT2D eigenvalue weighted by molar-refractivity contribution is -0.136. The molecule has 0 spiro atoms. The molecule has 4 fully saturated rings. The van der Waals surface area contributed by atoms with Crippen LogP contribution in [0.3, 0.4) is 0 Å². The van der Waals surface area contributed by atoms with Gasteiger partial charge in [-0.1, -0.05) is 12.1 Å². The van der Waals surface area contributed by atoms with Crippen LogP contribution in [0.15, 0.2) is 18.2 Å². The maximum atomic E-state index is 12.8. The minimum absolute atomic E-state index is 0.129. The van der Waals surface area contributed by atoms with Gasteiger partial charge in [-0.05, 0) is 36.5 Å². The maximum Gasteiger partial charge on any atom is 0.255 e. The molecule has 1 saturated carbocycles. The third-order valence-electron chi connectivity index (χ3n) is 6.83. The molecule has 29 heavy (non-hydrogen) atoms. The Kier molecular flexibility index (Phi) is 4.27. The summed E-state index contributed by atoms with van der Waals surface area (Å²) in [6.07, 6.45) is 2.80. The van der Waals surface area contributed by atoms with Gasteiger partial charge in [0.25, 0.3) is 5.91 Å². The molecule has 8 nitrogen and oxygen atoms in total. The summed E-state index contributed by atoms with van der Waals surface area (Å²) in [7, 11) is 1.74. The van der Waals surface area contributed by atoms with E-state index in [4.69, 9.17) is 4.74 Å². The number of hydrogen-bond acceptors (Lipinski definition) is 6. The van der Waals surface area contributed by atoms with E-state index < -0.39 is 6.04 Å². The topological polar surface area (TPSA) is 99.8 Å². The summed E-state index contributed by atoms with van der Waals surface area (Å²) in [6.45, 7) is 2.85. The third-order valence-corrected chi connectivity index (χ3v) is 6.83. The Bertz CT molecular complexity index is 893. The largest absolute Gasteiger partial charge is 0.383 e. The second-order valence-electron chi connectivity index (χ2n) is 8.95. The summed E-state index contributed by atoms with van der Waals surface area (Å²) >= 11 is 0. The molecule has 2 bridgehead atoms. The highest BCUT2D eigenvalue weighted by molar-refractivity contribution is 6.05. The van der Waals surface area contributed by atoms with Crippen molar-refractivity contribution in [3.05, 3.63) is 34.9 Å². The molecule has 5 aliphatic rings. The number of methoxy groups -OCH3 is 1. The van der Waals surface area contributed by atoms with Crippen LogP contribution in [0.4, 0.5) is 0 Å². The van der Waals surface area contributed by atoms with Crippen molar-refractivity contribution >= 4 is 17.7 Å². The fourth-order valence-electron chi connectivity index (χ4n) is 5.49. The van der Waals surface area contributed by atoms with E-state index in [-0.39, 0.29) is 35.2 Å². The highest BCUT2D eigenvalue weighted by atomic mass is 16.5. The van der Waals surface area contributed by atoms with Crippen LogP contribution < -0.4 is 16.0 Å². The predicted octanol–water partition coefficient (Wildman–Crippen LogP) is 0.0582. The van der Waals surface area contributed by atoms with E-state index in [0.717, 1.165) is 43.7 Å². The Hall–Kier alpha value is -2.29. The van der Waals surface area contributed by atoms with Gasteiger partial charge in [-0.2, -0.15) is 0 Å². The zero-order valence-corrected chi connectivity index (χ0v) is 16.5. The zero-order valence-electron chi connectivity index (χ0n) is 16.5. The number of benzene rings is 1. The van der Waals surface area contributed by atoms with Crippen molar-refractivity contribution in [3.63, 3.8) is 0 Å². The van der Waals surface area contributed by atoms with Crippen LogP contribution >= 0.6 is 0 Å². The normalized spacial score (nSPS) is 32.9. The monoisotopic (exact) mass is 398 g/mol. The Labute approximate surface area is 169 Å². The molecule has 8 heteroatoms. The van der Waals surface area contributed by atoms with Crippen LogP contribution in [-0.4, -0.2) is 60.0 Å². The van der Waals surface area contributed by atoms with Gasteiger partial charge in [0.2, 0.25) is 11.8 Å². The summed E-state index contributed by atoms with van der Waals surface area (Å²) in [5.41, 5.74) is 3.00. The van der Waals surface area contributed by atoms with Gasteiger partial charge in [-0.3, -0.25) is 19.7 Å². The van der Waals surface area contributed by atoms with Gasteiger partial charge in [0.05, 0.1) is 6.61 Å². The second kappa shape index (κ2) is 6.62. The molecule has 154 valence electrons. The van der Waals surface area contributed by atoms with E-state index in [2.05, 4.69) is 22.0 Å². The standard InChI is InChI=1S/C21H26N4O4/c1-29-12-21-9-20(10-21,11-23-21)22-7-13-2-3-15-14(6-13)8-25(19(15)28)16-4-5-17(26)24-18(16)27/h2-3,6,16,22-23H,4-5,7-12H2,1H3,(H,24,26,27). The number of piperidine rings is 1. The smallest absolute Gasteiger partial charge is 0.255 e. The van der Waals surface area contributed by atoms with Crippen molar-refractivity contribution in [2.45, 2.75) is 55.9 Å². The fourth-order valence-corrected chi connectivity index (χ4v) is 5.49. The van der Waals surface area contributed by atoms with Crippen molar-refractivity contribution in [1.82, 2.24) is 20.9 Å². The lowest BCUT2D eigenvalue weighted by Crippen LogP contribution is -2.60. The van der Waals surface area contributed by atoms with E-state index in [1.165, 1.54) is 0 Å². The van der Waals surface area contributed by atoms with E-state index in [1.54, 1.807) is 12.0 Å². The first-order valence-electron chi connectivity index (χ1n) is 10.2. The quantitative estimate of drug-likeness (QED) is 0.586. The minimum Gasteiger partial charge on any atom is -0.383 e. The molecular formula is C21H26N4O4. The average Bonchev–Trinajstić information content (AvgIpc) is 3.30. The zero-order chi connectivity index (χ0) is 20.2. The number of fused-ring (bicyclic) bond motifs is 2. The lowest BCUT2D eigenvalue weighted by atomic mass is 9.68. The molecule has 1 unspecified atom stereocenters. The molecule has 4 aliphatic heterocycles. The van der Waals surface area contributed by atoms with E-state index in [0.29, 0.717) is 18.5 Å². The van der Waals surface area contributed by atoms with Crippen molar-refractivity contribution in [2.75, 3.05) is 20.3 Å². The Morgan fingerprint density at radius 2 is 2.10 bits per heavy atom. The van der Waals surface area contributed by atoms with Gasteiger partial charge < -0.3 is 20.3 Å². The molecule has 3 amide bonds. The Morgan fingerprint density at radius 3 is 2.86 bits per heavy atom. The number of hydrogen-bond donors (Lipinski definition) is 3. The van der Waals surface area contributed by atoms with Gasteiger partial charge in [0, 0.05) is 49.8 Å². The van der Waals surface area contributed by atoms with Crippen LogP contribution in [0, 0.1) is 0 Å². The van der Waals surface area contributed by atoms with Crippen molar-refractivity contribution in [1.29, 1.82) is 0 Å². The number of imide groups is 1. The molecule has 1 aliphatic carbocycles. The number of carbonyl (C=O) groups is 3. The second-order valence-corrected chi connectivity index (χ2v) is 8.95. The first-order valence-corrected chi connectivity index (χ1v) is 10.2. The Balaban J connectivity index is 1.24. The molecule has 0 radical (unpaired) electrons. The average molecular weight is 398 g/mol. The van der Waals surface area contributed by atoms with Crippen LogP contribution in [0.5, 0.6) is 0 Å². The van der Waals surface area contributed by atoms with Gasteiger partial charge in [-0.15, -0.1) is 0 Å². The highest BCUT2D eigenvalue weighted by Crippen LogP contribution is 2.47. The summed E-state index contributed by atoms with van der Waals surface area (Å²) in [5, 5.41) is 9.62. The molecule has 3 saturated heterocycles. The van der Waals surface area contributed by atoms with Crippen LogP contribution in [0.25, 0.3) is 0 Å². The summed E-state index contributed by atoms with van der Waals surface area (Å²) in [4.78, 5) is 37.9. The van der Waals surface area contributed by atoms with Crippen molar-refractivity contribution < 1.29 is 19.1 Å². The van der Waals surface area contributed by atoms with Crippen molar-refractivity contribution in [3.8, 4) is 0 Å². The van der Waals surface area contributed by atoms with E-state index in [1.807, 2.05) is 12.1 Å². The number of rotatable bonds is 6. The van der Waals surface area contributed by atoms with Crippen molar-refractivity contribution in [2.24, 2.45) is 0 Å². The maximum absolute atomic E-state index is 12.8. The molecule has 1 aromatic carbocycles. The molecule has 0 aromatic heterocycles. The predicted molar refractivity (Wildman–Crippen MR) is 104 cm³/mol. The highest BCUT2D eigenvalue weighted by Gasteiger charge is 2.60. The first kappa shape index (κ1) is 18.7. The van der Waals surface area contributed by atoms with Gasteiger partial charge >= 0.3 is 0 Å². The fraction of sp³-hybridized carbons (Fsp3) is 0.571. The van der Waals surface area contributed by atoms with Gasteiger partial charge in [0.15, 0.2) is 0 Å². The number of nitrogens with one attached hydrogen (secondary N) is 3. The van der Waals surface area contributed by atoms with E-state index >= 15 is 0 Å². The molecule has 1 aromatic rings. The van der Waals surface area contributed by atoms with E-state index in [9.17, 15) is 14.4 Å². The van der Waals surface area contributed by atoms with Gasteiger partial charge in [0.1, 0.15) is 6.04 Å². The SMILES string of the molecule is COCC12CC(NCc3ccc4c(c3)CN(C3CCC(=O)NC3=O)C4=O)(CN1)C2. The number of carbonyl (C=O) groups excluding carboxylic acids is 3. The molecule has 6 rings (SSSR count). The summed E-state index contributed by atoms with van der Waals surface area (Å²) in [6, 6.07) is 5.34. The lowest BCUT2D eigenvalue weighted by Gasteiger charge is -2.46. The molecule has 1 atom stereocenters. The van der Waals surface area contributed by atoms with Crippen LogP contribution in [0.2, 0.25) is 0 Å². The number of ether oxygens (including phenoxy) is 1. The number of amides is 3. The van der Waals surface area contributed by atoms with Crippen LogP contribution in [-0.2, 0) is 27.4 Å². The molecule has 4 heterocycles. The molecular weight excluding hydrogens is 372 g/mol. The Morgan fingerprint density at radius 1 is 1.28 bits per heavy atom. The first-order chi connectivity index (χ1) is 13.9. The molecule has 3 N–H and O–H groups in total. The van der Waals surface area contributed by atoms with Gasteiger partial charge in [-0.25, -0.2) is 0 Å². The summed E-state index contributed by atoms with van der Waals surface area (Å²) in [5.74, 6) is -0.771. The summed E-state index contributed by atoms with van der Waals surface area (Å²) < 4.78 is 5.33. The number of nitrogens with zero attached hydrogens (tertiary/aromatic N) is 1. The third kappa shape index (κ3) is 3.06. The van der Waals surface area contributed by atoms with Crippen LogP contribution in [0.1, 0.15) is 47.2 Å².